The molecule has 3 aromatic rings. The van der Waals surface area contributed by atoms with E-state index in [1.807, 2.05) is 27.5 Å². The Morgan fingerprint density at radius 3 is 3.05 bits per heavy atom. The number of aryl methyl sites for hydroxylation is 1. The predicted molar refractivity (Wildman–Crippen MR) is 72.7 cm³/mol. The summed E-state index contributed by atoms with van der Waals surface area (Å²) in [6.45, 7) is 1.66. The number of hydrogen-bond acceptors (Lipinski definition) is 5. The molecule has 0 spiro atoms. The third-order valence-corrected chi connectivity index (χ3v) is 2.81. The average Bonchev–Trinajstić information content (AvgIpc) is 3.04. The molecule has 0 saturated carbocycles. The van der Waals surface area contributed by atoms with Gasteiger partial charge in [-0.1, -0.05) is 0 Å². The number of imidazole rings is 1. The van der Waals surface area contributed by atoms with Crippen LogP contribution in [0.1, 0.15) is 6.42 Å². The van der Waals surface area contributed by atoms with E-state index in [1.54, 1.807) is 18.6 Å². The van der Waals surface area contributed by atoms with Crippen LogP contribution in [0.3, 0.4) is 0 Å². The minimum Gasteiger partial charge on any atom is -0.382 e. The van der Waals surface area contributed by atoms with Crippen molar-refractivity contribution in [2.24, 2.45) is 0 Å². The first-order chi connectivity index (χ1) is 9.33. The first-order valence-electron chi connectivity index (χ1n) is 6.13. The Bertz CT molecular complexity index is 656. The van der Waals surface area contributed by atoms with Gasteiger partial charge in [-0.3, -0.25) is 4.68 Å². The summed E-state index contributed by atoms with van der Waals surface area (Å²) in [6.07, 6.45) is 10.0. The van der Waals surface area contributed by atoms with Gasteiger partial charge < -0.3 is 15.5 Å². The molecular weight excluding hydrogens is 242 g/mol. The quantitative estimate of drug-likeness (QED) is 0.666. The summed E-state index contributed by atoms with van der Waals surface area (Å²) in [7, 11) is 0. The van der Waals surface area contributed by atoms with Gasteiger partial charge in [0.1, 0.15) is 5.82 Å². The predicted octanol–water partition coefficient (Wildman–Crippen LogP) is 1.01. The van der Waals surface area contributed by atoms with Crippen molar-refractivity contribution in [3.8, 4) is 0 Å². The fourth-order valence-electron chi connectivity index (χ4n) is 1.95. The molecule has 19 heavy (non-hydrogen) atoms. The third-order valence-electron chi connectivity index (χ3n) is 2.81. The molecule has 7 heteroatoms. The van der Waals surface area contributed by atoms with Crippen molar-refractivity contribution in [2.45, 2.75) is 13.0 Å². The van der Waals surface area contributed by atoms with Crippen LogP contribution in [0, 0.1) is 0 Å². The number of aromatic nitrogens is 5. The van der Waals surface area contributed by atoms with Crippen LogP contribution in [-0.4, -0.2) is 30.7 Å². The average molecular weight is 257 g/mol. The van der Waals surface area contributed by atoms with Gasteiger partial charge in [-0.2, -0.15) is 5.10 Å². The van der Waals surface area contributed by atoms with Crippen molar-refractivity contribution in [1.29, 1.82) is 0 Å². The van der Waals surface area contributed by atoms with Gasteiger partial charge in [-0.05, 0) is 12.5 Å². The number of hydrogen-bond donors (Lipinski definition) is 2. The zero-order chi connectivity index (χ0) is 13.1. The molecule has 0 amide bonds. The number of rotatable bonds is 5. The first-order valence-corrected chi connectivity index (χ1v) is 6.13. The molecule has 0 aliphatic rings. The zero-order valence-electron chi connectivity index (χ0n) is 10.4. The largest absolute Gasteiger partial charge is 0.382 e. The molecule has 0 saturated heterocycles. The van der Waals surface area contributed by atoms with E-state index in [4.69, 9.17) is 5.73 Å². The van der Waals surface area contributed by atoms with Gasteiger partial charge in [0.15, 0.2) is 11.5 Å². The highest BCUT2D eigenvalue weighted by atomic mass is 15.3. The molecule has 3 N–H and O–H groups in total. The molecular formula is C12H15N7. The summed E-state index contributed by atoms with van der Waals surface area (Å²) in [6, 6.07) is 1.92. The Kier molecular flexibility index (Phi) is 3.01. The molecule has 3 heterocycles. The van der Waals surface area contributed by atoms with Crippen molar-refractivity contribution < 1.29 is 0 Å². The monoisotopic (exact) mass is 257 g/mol. The van der Waals surface area contributed by atoms with Crippen LogP contribution in [0.4, 0.5) is 11.6 Å². The Morgan fingerprint density at radius 1 is 1.26 bits per heavy atom. The second kappa shape index (κ2) is 4.97. The lowest BCUT2D eigenvalue weighted by molar-refractivity contribution is 0.591. The number of nitrogens with one attached hydrogen (secondary N) is 1. The summed E-state index contributed by atoms with van der Waals surface area (Å²) >= 11 is 0. The highest BCUT2D eigenvalue weighted by Crippen LogP contribution is 2.14. The van der Waals surface area contributed by atoms with Gasteiger partial charge in [-0.15, -0.1) is 0 Å². The zero-order valence-corrected chi connectivity index (χ0v) is 10.4. The Morgan fingerprint density at radius 2 is 2.21 bits per heavy atom. The van der Waals surface area contributed by atoms with E-state index in [9.17, 15) is 0 Å². The summed E-state index contributed by atoms with van der Waals surface area (Å²) < 4.78 is 3.76. The highest BCUT2D eigenvalue weighted by Gasteiger charge is 2.05. The van der Waals surface area contributed by atoms with Crippen LogP contribution in [0.15, 0.2) is 37.1 Å². The van der Waals surface area contributed by atoms with Crippen LogP contribution in [0.5, 0.6) is 0 Å². The van der Waals surface area contributed by atoms with Crippen molar-refractivity contribution >= 4 is 17.3 Å². The van der Waals surface area contributed by atoms with Crippen molar-refractivity contribution in [3.05, 3.63) is 37.1 Å². The second-order valence-corrected chi connectivity index (χ2v) is 4.22. The molecule has 0 aromatic carbocycles. The molecule has 0 radical (unpaired) electrons. The maximum absolute atomic E-state index is 5.75. The van der Waals surface area contributed by atoms with E-state index in [0.717, 1.165) is 25.2 Å². The number of nitrogens with zero attached hydrogens (tertiary/aromatic N) is 5. The van der Waals surface area contributed by atoms with Crippen LogP contribution < -0.4 is 11.1 Å². The molecule has 0 fully saturated rings. The summed E-state index contributed by atoms with van der Waals surface area (Å²) in [4.78, 5) is 8.52. The van der Waals surface area contributed by atoms with Gasteiger partial charge in [-0.25, -0.2) is 9.97 Å². The standard InChI is InChI=1S/C12H15N7/c13-10-9-18-8-5-15-12(18)11(17-10)14-3-1-6-19-7-2-4-16-19/h2,4-5,7-9H,1,3,6,13H2,(H,14,17). The number of nitrogens with two attached hydrogens (primary N) is 1. The smallest absolute Gasteiger partial charge is 0.180 e. The third kappa shape index (κ3) is 2.49. The Hall–Kier alpha value is -2.57. The van der Waals surface area contributed by atoms with E-state index in [-0.39, 0.29) is 0 Å². The van der Waals surface area contributed by atoms with Crippen LogP contribution in [0.2, 0.25) is 0 Å². The topological polar surface area (TPSA) is 86.1 Å². The lowest BCUT2D eigenvalue weighted by atomic mass is 10.4. The fourth-order valence-corrected chi connectivity index (χ4v) is 1.95. The van der Waals surface area contributed by atoms with E-state index in [0.29, 0.717) is 11.6 Å². The van der Waals surface area contributed by atoms with Gasteiger partial charge in [0, 0.05) is 37.9 Å². The van der Waals surface area contributed by atoms with Crippen molar-refractivity contribution in [3.63, 3.8) is 0 Å². The van der Waals surface area contributed by atoms with E-state index < -0.39 is 0 Å². The van der Waals surface area contributed by atoms with Crippen LogP contribution >= 0.6 is 0 Å². The van der Waals surface area contributed by atoms with Crippen LogP contribution in [0.25, 0.3) is 5.65 Å². The Balaban J connectivity index is 1.63. The second-order valence-electron chi connectivity index (χ2n) is 4.22. The fraction of sp³-hybridized carbons (Fsp3) is 0.250. The molecule has 0 unspecified atom stereocenters. The van der Waals surface area contributed by atoms with E-state index >= 15 is 0 Å². The summed E-state index contributed by atoms with van der Waals surface area (Å²) in [5.74, 6) is 1.19. The van der Waals surface area contributed by atoms with Crippen LogP contribution in [-0.2, 0) is 6.54 Å². The van der Waals surface area contributed by atoms with Crippen molar-refractivity contribution in [1.82, 2.24) is 24.1 Å². The maximum atomic E-state index is 5.75. The molecule has 3 rings (SSSR count). The van der Waals surface area contributed by atoms with Gasteiger partial charge in [0.05, 0.1) is 6.20 Å². The molecule has 0 bridgehead atoms. The first kappa shape index (κ1) is 11.5. The lowest BCUT2D eigenvalue weighted by Gasteiger charge is -2.08. The van der Waals surface area contributed by atoms with Crippen molar-refractivity contribution in [2.75, 3.05) is 17.6 Å². The molecule has 0 aliphatic carbocycles. The van der Waals surface area contributed by atoms with Gasteiger partial charge >= 0.3 is 0 Å². The number of fused-ring (bicyclic) bond motifs is 1. The molecule has 7 nitrogen and oxygen atoms in total. The minimum atomic E-state index is 0.472. The van der Waals surface area contributed by atoms with Gasteiger partial charge in [0.2, 0.25) is 0 Å². The van der Waals surface area contributed by atoms with E-state index in [2.05, 4.69) is 20.4 Å². The summed E-state index contributed by atoms with van der Waals surface area (Å²) in [5.41, 5.74) is 6.54. The van der Waals surface area contributed by atoms with E-state index in [1.165, 1.54) is 0 Å². The number of nitrogen functional groups attached to an aromatic ring is 1. The highest BCUT2D eigenvalue weighted by molar-refractivity contribution is 5.64. The maximum Gasteiger partial charge on any atom is 0.180 e. The molecule has 3 aromatic heterocycles. The lowest BCUT2D eigenvalue weighted by Crippen LogP contribution is -2.10. The molecule has 0 atom stereocenters. The van der Waals surface area contributed by atoms with Gasteiger partial charge in [0.25, 0.3) is 0 Å². The molecule has 0 aliphatic heterocycles. The summed E-state index contributed by atoms with van der Waals surface area (Å²) in [5, 5.41) is 7.41. The Labute approximate surface area is 110 Å². The number of anilines is 2. The normalized spacial score (nSPS) is 10.9. The SMILES string of the molecule is Nc1cn2ccnc2c(NCCCn2cccn2)n1. The minimum absolute atomic E-state index is 0.472. The molecule has 98 valence electrons.